The van der Waals surface area contributed by atoms with Gasteiger partial charge in [-0.05, 0) is 43.2 Å². The zero-order valence-corrected chi connectivity index (χ0v) is 22.7. The number of aliphatic hydroxyl groups is 2. The number of alkyl halides is 5. The van der Waals surface area contributed by atoms with E-state index in [4.69, 9.17) is 11.6 Å². The Balaban J connectivity index is 1.94. The molecule has 3 rings (SSSR count). The molecule has 1 saturated carbocycles. The fourth-order valence-electron chi connectivity index (χ4n) is 4.48. The number of halogens is 6. The van der Waals surface area contributed by atoms with Gasteiger partial charge in [0, 0.05) is 19.2 Å². The van der Waals surface area contributed by atoms with Gasteiger partial charge in [0.25, 0.3) is 5.91 Å². The summed E-state index contributed by atoms with van der Waals surface area (Å²) in [5, 5.41) is 23.3. The number of aromatic nitrogens is 3. The summed E-state index contributed by atoms with van der Waals surface area (Å²) in [7, 11) is 0. The summed E-state index contributed by atoms with van der Waals surface area (Å²) in [5.74, 6) is -1.25. The average molecular weight is 583 g/mol. The largest absolute Gasteiger partial charge is 0.431 e. The molecule has 1 fully saturated rings. The van der Waals surface area contributed by atoms with Gasteiger partial charge in [-0.1, -0.05) is 39.3 Å². The lowest BCUT2D eigenvalue weighted by molar-refractivity contribution is -0.211. The lowest BCUT2D eigenvalue weighted by Crippen LogP contribution is -2.54. The van der Waals surface area contributed by atoms with Crippen LogP contribution in [0.5, 0.6) is 5.75 Å². The Labute approximate surface area is 227 Å². The van der Waals surface area contributed by atoms with Gasteiger partial charge in [0.15, 0.2) is 17.3 Å². The first kappa shape index (κ1) is 31.0. The summed E-state index contributed by atoms with van der Waals surface area (Å²) in [6.07, 6.45) is -3.58. The lowest BCUT2D eigenvalue weighted by Gasteiger charge is -2.39. The number of imidazole rings is 1. The second kappa shape index (κ2) is 11.5. The maximum absolute atomic E-state index is 13.4. The minimum atomic E-state index is -4.56. The fraction of sp³-hybridized carbons (Fsp3) is 0.640. The van der Waals surface area contributed by atoms with Crippen molar-refractivity contribution in [1.82, 2.24) is 19.9 Å². The molecular formula is C25H32ClF5N4O4. The van der Waals surface area contributed by atoms with Gasteiger partial charge in [-0.2, -0.15) is 22.0 Å². The van der Waals surface area contributed by atoms with Crippen LogP contribution >= 0.6 is 11.6 Å². The molecule has 3 N–H and O–H groups in total. The Kier molecular flexibility index (Phi) is 9.18. The quantitative estimate of drug-likeness (QED) is 0.365. The van der Waals surface area contributed by atoms with Crippen molar-refractivity contribution in [3.8, 4) is 11.6 Å². The Hall–Kier alpha value is -2.51. The van der Waals surface area contributed by atoms with Gasteiger partial charge in [0.2, 0.25) is 0 Å². The molecule has 8 nitrogen and oxygen atoms in total. The highest BCUT2D eigenvalue weighted by molar-refractivity contribution is 6.32. The van der Waals surface area contributed by atoms with Crippen molar-refractivity contribution in [2.24, 2.45) is 11.3 Å². The fourth-order valence-corrected chi connectivity index (χ4v) is 4.79. The number of aryl methyl sites for hydroxylation is 1. The zero-order valence-electron chi connectivity index (χ0n) is 21.9. The zero-order chi connectivity index (χ0) is 29.3. The third kappa shape index (κ3) is 6.80. The highest BCUT2D eigenvalue weighted by atomic mass is 35.5. The normalized spacial score (nSPS) is 22.3. The van der Waals surface area contributed by atoms with Gasteiger partial charge in [0.1, 0.15) is 16.6 Å². The average Bonchev–Trinajstić information content (AvgIpc) is 3.15. The van der Waals surface area contributed by atoms with E-state index in [0.29, 0.717) is 12.8 Å². The van der Waals surface area contributed by atoms with E-state index in [1.807, 2.05) is 6.92 Å². The van der Waals surface area contributed by atoms with Crippen LogP contribution in [0.15, 0.2) is 12.3 Å². The van der Waals surface area contributed by atoms with Crippen molar-refractivity contribution >= 4 is 17.5 Å². The van der Waals surface area contributed by atoms with E-state index in [-0.39, 0.29) is 53.4 Å². The van der Waals surface area contributed by atoms with Crippen LogP contribution in [0, 0.1) is 11.3 Å². The lowest BCUT2D eigenvalue weighted by atomic mass is 9.77. The molecule has 1 aliphatic rings. The summed E-state index contributed by atoms with van der Waals surface area (Å²) in [4.78, 5) is 21.2. The standard InChI is InChI=1S/C25H32ClF5N4O4/c1-5-17-34-18(21(37)33-12-24(38)7-6-13(2)8-16(24)36)19(26)35(17)20-15(39-22(27)28)9-14(11-32-20)10-23(3,4)25(29,30)31/h9,11,13,16,22,36,38H,5-8,10,12H2,1-4H3,(H,33,37)/t13-,16-,24-/m0/s1. The van der Waals surface area contributed by atoms with Crippen LogP contribution in [-0.4, -0.2) is 61.7 Å². The van der Waals surface area contributed by atoms with E-state index in [0.717, 1.165) is 30.7 Å². The van der Waals surface area contributed by atoms with Gasteiger partial charge >= 0.3 is 12.8 Å². The van der Waals surface area contributed by atoms with Crippen LogP contribution in [0.4, 0.5) is 22.0 Å². The van der Waals surface area contributed by atoms with Crippen LogP contribution in [-0.2, 0) is 12.8 Å². The van der Waals surface area contributed by atoms with Crippen molar-refractivity contribution in [2.75, 3.05) is 6.54 Å². The van der Waals surface area contributed by atoms with E-state index < -0.39 is 48.0 Å². The predicted octanol–water partition coefficient (Wildman–Crippen LogP) is 4.86. The van der Waals surface area contributed by atoms with Gasteiger partial charge in [-0.3, -0.25) is 9.36 Å². The van der Waals surface area contributed by atoms with Crippen LogP contribution in [0.25, 0.3) is 5.82 Å². The van der Waals surface area contributed by atoms with E-state index in [2.05, 4.69) is 20.0 Å². The van der Waals surface area contributed by atoms with Crippen molar-refractivity contribution < 1.29 is 41.7 Å². The highest BCUT2D eigenvalue weighted by Gasteiger charge is 2.47. The third-order valence-corrected chi connectivity index (χ3v) is 7.37. The number of carbonyl (C=O) groups excluding carboxylic acids is 1. The molecule has 39 heavy (non-hydrogen) atoms. The molecule has 2 heterocycles. The summed E-state index contributed by atoms with van der Waals surface area (Å²) in [6, 6.07) is 1.03. The van der Waals surface area contributed by atoms with Crippen LogP contribution in [0.1, 0.15) is 68.8 Å². The molecule has 3 atom stereocenters. The highest BCUT2D eigenvalue weighted by Crippen LogP contribution is 2.41. The maximum Gasteiger partial charge on any atom is 0.394 e. The minimum absolute atomic E-state index is 0.00224. The molecule has 218 valence electrons. The maximum atomic E-state index is 13.4. The Morgan fingerprint density at radius 2 is 2.03 bits per heavy atom. The number of hydrogen-bond donors (Lipinski definition) is 3. The topological polar surface area (TPSA) is 110 Å². The van der Waals surface area contributed by atoms with Crippen molar-refractivity contribution in [1.29, 1.82) is 0 Å². The van der Waals surface area contributed by atoms with Gasteiger partial charge < -0.3 is 20.3 Å². The molecule has 2 aromatic heterocycles. The molecule has 0 aliphatic heterocycles. The molecule has 2 aromatic rings. The number of pyridine rings is 1. The summed E-state index contributed by atoms with van der Waals surface area (Å²) < 4.78 is 72.4. The summed E-state index contributed by atoms with van der Waals surface area (Å²) >= 11 is 6.45. The summed E-state index contributed by atoms with van der Waals surface area (Å²) in [5.41, 5.74) is -4.00. The number of carbonyl (C=O) groups is 1. The van der Waals surface area contributed by atoms with Crippen molar-refractivity contribution in [3.63, 3.8) is 0 Å². The smallest absolute Gasteiger partial charge is 0.394 e. The van der Waals surface area contributed by atoms with Crippen LogP contribution in [0.3, 0.4) is 0 Å². The Morgan fingerprint density at radius 1 is 1.36 bits per heavy atom. The number of nitrogens with zero attached hydrogens (tertiary/aromatic N) is 3. The predicted molar refractivity (Wildman–Crippen MR) is 132 cm³/mol. The number of aliphatic hydroxyl groups excluding tert-OH is 1. The number of ether oxygens (including phenoxy) is 1. The molecule has 0 saturated heterocycles. The van der Waals surface area contributed by atoms with E-state index >= 15 is 0 Å². The summed E-state index contributed by atoms with van der Waals surface area (Å²) in [6.45, 7) is 1.97. The van der Waals surface area contributed by atoms with Crippen molar-refractivity contribution in [3.05, 3.63) is 34.5 Å². The second-order valence-electron chi connectivity index (χ2n) is 10.6. The van der Waals surface area contributed by atoms with Crippen molar-refractivity contribution in [2.45, 2.75) is 84.3 Å². The SMILES string of the molecule is CCc1nc(C(=O)NC[C@@]2(O)CC[C@H](C)C[C@@H]2O)c(Cl)n1-c1ncc(CC(C)(C)C(F)(F)F)cc1OC(F)F. The Morgan fingerprint density at radius 3 is 2.59 bits per heavy atom. The molecule has 0 aromatic carbocycles. The monoisotopic (exact) mass is 582 g/mol. The minimum Gasteiger partial charge on any atom is -0.431 e. The number of amides is 1. The van der Waals surface area contributed by atoms with Crippen LogP contribution < -0.4 is 10.1 Å². The molecule has 0 radical (unpaired) electrons. The molecular weight excluding hydrogens is 551 g/mol. The first-order valence-electron chi connectivity index (χ1n) is 12.5. The Bertz CT molecular complexity index is 1190. The van der Waals surface area contributed by atoms with Crippen LogP contribution in [0.2, 0.25) is 5.15 Å². The number of rotatable bonds is 9. The molecule has 1 aliphatic carbocycles. The molecule has 0 unspecified atom stereocenters. The first-order chi connectivity index (χ1) is 18.0. The number of nitrogens with one attached hydrogen (secondary N) is 1. The molecule has 0 spiro atoms. The van der Waals surface area contributed by atoms with Gasteiger partial charge in [-0.25, -0.2) is 9.97 Å². The van der Waals surface area contributed by atoms with Gasteiger partial charge in [-0.15, -0.1) is 0 Å². The third-order valence-electron chi connectivity index (χ3n) is 7.02. The number of hydrogen-bond acceptors (Lipinski definition) is 6. The van der Waals surface area contributed by atoms with Gasteiger partial charge in [0.05, 0.1) is 11.5 Å². The van der Waals surface area contributed by atoms with E-state index in [1.54, 1.807) is 6.92 Å². The molecule has 1 amide bonds. The van der Waals surface area contributed by atoms with E-state index in [9.17, 15) is 37.0 Å². The van der Waals surface area contributed by atoms with E-state index in [1.165, 1.54) is 0 Å². The molecule has 0 bridgehead atoms. The first-order valence-corrected chi connectivity index (χ1v) is 12.8. The molecule has 14 heteroatoms. The second-order valence-corrected chi connectivity index (χ2v) is 11.0.